The lowest BCUT2D eigenvalue weighted by Crippen LogP contribution is -2.11. The highest BCUT2D eigenvalue weighted by Gasteiger charge is 2.30. The fraction of sp³-hybridized carbons (Fsp3) is 0.600. The molecule has 12 heavy (non-hydrogen) atoms. The number of nitrogens with two attached hydrogens (primary N) is 1. The first-order valence-electron chi connectivity index (χ1n) is 3.09. The van der Waals surface area contributed by atoms with Gasteiger partial charge in [0.1, 0.15) is 6.42 Å². The van der Waals surface area contributed by atoms with Gasteiger partial charge in [-0.05, 0) is 0 Å². The predicted octanol–water partition coefficient (Wildman–Crippen LogP) is 0.633. The maximum Gasteiger partial charge on any atom is 0.397 e. The molecule has 0 radical (unpaired) electrons. The van der Waals surface area contributed by atoms with E-state index in [9.17, 15) is 13.2 Å². The molecule has 4 nitrogen and oxygen atoms in total. The second-order valence-electron chi connectivity index (χ2n) is 2.10. The highest BCUT2D eigenvalue weighted by molar-refractivity contribution is 4.86. The molecule has 1 rings (SSSR count). The normalized spacial score (nSPS) is 12.0. The summed E-state index contributed by atoms with van der Waals surface area (Å²) in [5, 5.41) is 3.21. The van der Waals surface area contributed by atoms with E-state index in [1.807, 2.05) is 0 Å². The van der Waals surface area contributed by atoms with Crippen LogP contribution in [0.2, 0.25) is 0 Å². The molecule has 0 aromatic carbocycles. The van der Waals surface area contributed by atoms with E-state index in [1.165, 1.54) is 0 Å². The molecule has 1 heterocycles. The van der Waals surface area contributed by atoms with Gasteiger partial charge < -0.3 is 10.3 Å². The van der Waals surface area contributed by atoms with Crippen molar-refractivity contribution < 1.29 is 17.7 Å². The van der Waals surface area contributed by atoms with Crippen LogP contribution in [-0.2, 0) is 13.0 Å². The zero-order valence-electron chi connectivity index (χ0n) is 5.93. The molecule has 0 aliphatic heterocycles. The van der Waals surface area contributed by atoms with Crippen molar-refractivity contribution in [3.8, 4) is 0 Å². The second-order valence-corrected chi connectivity index (χ2v) is 2.10. The van der Waals surface area contributed by atoms with Crippen LogP contribution in [0.25, 0.3) is 0 Å². The Morgan fingerprint density at radius 2 is 2.08 bits per heavy atom. The Bertz CT molecular complexity index is 257. The standard InChI is InChI=1S/C5H6F3N3O/c6-5(7,8)1-4-10-3(2-9)11-12-4/h1-2,9H2. The van der Waals surface area contributed by atoms with Crippen LogP contribution in [0.1, 0.15) is 11.7 Å². The summed E-state index contributed by atoms with van der Waals surface area (Å²) in [4.78, 5) is 3.39. The molecule has 0 amide bonds. The first-order valence-corrected chi connectivity index (χ1v) is 3.09. The van der Waals surface area contributed by atoms with Gasteiger partial charge in [-0.1, -0.05) is 5.16 Å². The molecule has 0 fully saturated rings. The zero-order chi connectivity index (χ0) is 9.19. The van der Waals surface area contributed by atoms with Gasteiger partial charge in [0, 0.05) is 0 Å². The van der Waals surface area contributed by atoms with E-state index < -0.39 is 18.5 Å². The molecule has 68 valence electrons. The van der Waals surface area contributed by atoms with E-state index >= 15 is 0 Å². The number of halogens is 3. The number of aromatic nitrogens is 2. The average Bonchev–Trinajstić information content (AvgIpc) is 2.32. The van der Waals surface area contributed by atoms with Crippen LogP contribution in [0, 0.1) is 0 Å². The van der Waals surface area contributed by atoms with Crippen LogP contribution < -0.4 is 5.73 Å². The molecule has 0 aliphatic rings. The first-order chi connectivity index (χ1) is 5.51. The van der Waals surface area contributed by atoms with E-state index in [2.05, 4.69) is 14.7 Å². The van der Waals surface area contributed by atoms with E-state index in [0.29, 0.717) is 0 Å². The van der Waals surface area contributed by atoms with Crippen molar-refractivity contribution in [2.45, 2.75) is 19.1 Å². The summed E-state index contributed by atoms with van der Waals surface area (Å²) in [7, 11) is 0. The van der Waals surface area contributed by atoms with E-state index in [-0.39, 0.29) is 12.4 Å². The van der Waals surface area contributed by atoms with Crippen molar-refractivity contribution in [3.05, 3.63) is 11.7 Å². The third-order valence-electron chi connectivity index (χ3n) is 1.04. The van der Waals surface area contributed by atoms with Gasteiger partial charge in [-0.15, -0.1) is 0 Å². The smallest absolute Gasteiger partial charge is 0.339 e. The second kappa shape index (κ2) is 3.10. The SMILES string of the molecule is NCc1noc(CC(F)(F)F)n1. The predicted molar refractivity (Wildman–Crippen MR) is 31.9 cm³/mol. The third-order valence-corrected chi connectivity index (χ3v) is 1.04. The highest BCUT2D eigenvalue weighted by atomic mass is 19.4. The molecule has 0 atom stereocenters. The van der Waals surface area contributed by atoms with Crippen LogP contribution in [0.15, 0.2) is 4.52 Å². The molecule has 2 N–H and O–H groups in total. The fourth-order valence-corrected chi connectivity index (χ4v) is 0.616. The van der Waals surface area contributed by atoms with Gasteiger partial charge in [-0.2, -0.15) is 18.2 Å². The van der Waals surface area contributed by atoms with Crippen molar-refractivity contribution in [2.24, 2.45) is 5.73 Å². The number of nitrogens with zero attached hydrogens (tertiary/aromatic N) is 2. The van der Waals surface area contributed by atoms with Gasteiger partial charge in [0.05, 0.1) is 6.54 Å². The molecule has 0 saturated carbocycles. The van der Waals surface area contributed by atoms with Crippen LogP contribution in [0.4, 0.5) is 13.2 Å². The summed E-state index contributed by atoms with van der Waals surface area (Å²) in [6.07, 6.45) is -5.53. The number of rotatable bonds is 2. The zero-order valence-corrected chi connectivity index (χ0v) is 5.93. The van der Waals surface area contributed by atoms with Gasteiger partial charge in [-0.25, -0.2) is 0 Å². The lowest BCUT2D eigenvalue weighted by Gasteiger charge is -1.99. The Morgan fingerprint density at radius 1 is 1.42 bits per heavy atom. The van der Waals surface area contributed by atoms with Gasteiger partial charge in [0.25, 0.3) is 0 Å². The molecule has 0 spiro atoms. The van der Waals surface area contributed by atoms with Gasteiger partial charge in [0.15, 0.2) is 5.82 Å². The van der Waals surface area contributed by atoms with Crippen LogP contribution in [0.3, 0.4) is 0 Å². The number of hydrogen-bond acceptors (Lipinski definition) is 4. The van der Waals surface area contributed by atoms with E-state index in [4.69, 9.17) is 5.73 Å². The lowest BCUT2D eigenvalue weighted by atomic mass is 10.4. The van der Waals surface area contributed by atoms with E-state index in [0.717, 1.165) is 0 Å². The molecule has 0 aliphatic carbocycles. The Hall–Kier alpha value is -1.11. The van der Waals surface area contributed by atoms with Gasteiger partial charge in [0.2, 0.25) is 5.89 Å². The molecule has 0 unspecified atom stereocenters. The molecular weight excluding hydrogens is 175 g/mol. The summed E-state index contributed by atoms with van der Waals surface area (Å²) < 4.78 is 39.4. The minimum atomic E-state index is -4.32. The fourth-order valence-electron chi connectivity index (χ4n) is 0.616. The Labute approximate surface area is 65.5 Å². The number of alkyl halides is 3. The molecule has 0 bridgehead atoms. The summed E-state index contributed by atoms with van der Waals surface area (Å²) in [6, 6.07) is 0. The van der Waals surface area contributed by atoms with Crippen molar-refractivity contribution in [3.63, 3.8) is 0 Å². The highest BCUT2D eigenvalue weighted by Crippen LogP contribution is 2.19. The maximum absolute atomic E-state index is 11.7. The summed E-state index contributed by atoms with van der Waals surface area (Å²) in [5.41, 5.74) is 5.06. The summed E-state index contributed by atoms with van der Waals surface area (Å²) in [6.45, 7) is -0.0264. The molecular formula is C5H6F3N3O. The first kappa shape index (κ1) is 8.98. The van der Waals surface area contributed by atoms with Gasteiger partial charge >= 0.3 is 6.18 Å². The lowest BCUT2D eigenvalue weighted by molar-refractivity contribution is -0.131. The molecule has 1 aromatic rings. The van der Waals surface area contributed by atoms with Crippen LogP contribution >= 0.6 is 0 Å². The van der Waals surface area contributed by atoms with Crippen molar-refractivity contribution in [1.82, 2.24) is 10.1 Å². The largest absolute Gasteiger partial charge is 0.397 e. The van der Waals surface area contributed by atoms with Gasteiger partial charge in [-0.3, -0.25) is 0 Å². The van der Waals surface area contributed by atoms with Crippen molar-refractivity contribution in [2.75, 3.05) is 0 Å². The summed E-state index contributed by atoms with van der Waals surface area (Å²) in [5.74, 6) is -0.378. The Morgan fingerprint density at radius 3 is 2.50 bits per heavy atom. The molecule has 1 aromatic heterocycles. The van der Waals surface area contributed by atoms with Crippen molar-refractivity contribution >= 4 is 0 Å². The number of hydrogen-bond donors (Lipinski definition) is 1. The monoisotopic (exact) mass is 181 g/mol. The summed E-state index contributed by atoms with van der Waals surface area (Å²) >= 11 is 0. The Kier molecular flexibility index (Phi) is 2.32. The van der Waals surface area contributed by atoms with Crippen molar-refractivity contribution in [1.29, 1.82) is 0 Å². The van der Waals surface area contributed by atoms with Crippen LogP contribution in [-0.4, -0.2) is 16.3 Å². The minimum absolute atomic E-state index is 0.0264. The molecule has 7 heteroatoms. The quantitative estimate of drug-likeness (QED) is 0.726. The maximum atomic E-state index is 11.7. The van der Waals surface area contributed by atoms with Crippen LogP contribution in [0.5, 0.6) is 0 Å². The third kappa shape index (κ3) is 2.50. The van der Waals surface area contributed by atoms with E-state index in [1.54, 1.807) is 0 Å². The minimum Gasteiger partial charge on any atom is -0.339 e. The average molecular weight is 181 g/mol. The Balaban J connectivity index is 2.64. The topological polar surface area (TPSA) is 64.9 Å². The molecule has 0 saturated heterocycles.